The Labute approximate surface area is 158 Å². The predicted octanol–water partition coefficient (Wildman–Crippen LogP) is 4.19. The number of rotatable bonds is 8. The lowest BCUT2D eigenvalue weighted by Gasteiger charge is -2.40. The highest BCUT2D eigenvalue weighted by Gasteiger charge is 2.36. The van der Waals surface area contributed by atoms with Gasteiger partial charge in [-0.3, -0.25) is 4.90 Å². The van der Waals surface area contributed by atoms with Crippen LogP contribution in [0.3, 0.4) is 0 Å². The van der Waals surface area contributed by atoms with Crippen molar-refractivity contribution >= 4 is 10.8 Å². The topological polar surface area (TPSA) is 38.5 Å². The molecule has 26 heavy (non-hydrogen) atoms. The lowest BCUT2D eigenvalue weighted by Crippen LogP contribution is -2.43. The van der Waals surface area contributed by atoms with Gasteiger partial charge in [0.15, 0.2) is 0 Å². The normalized spacial score (nSPS) is 19.3. The van der Waals surface area contributed by atoms with E-state index in [0.29, 0.717) is 12.5 Å². The average Bonchev–Trinajstić information content (AvgIpc) is 2.71. The molecule has 0 amide bonds. The summed E-state index contributed by atoms with van der Waals surface area (Å²) in [6.45, 7) is 10.4. The molecule has 0 spiro atoms. The number of fused-ring (bicyclic) bond motifs is 1. The monoisotopic (exact) mass is 354 g/mol. The largest absolute Gasteiger partial charge is 0.379 e. The lowest BCUT2D eigenvalue weighted by atomic mass is 9.66. The molecule has 2 atom stereocenters. The van der Waals surface area contributed by atoms with E-state index in [2.05, 4.69) is 61.2 Å². The van der Waals surface area contributed by atoms with Crippen LogP contribution >= 0.6 is 0 Å². The van der Waals surface area contributed by atoms with Gasteiger partial charge in [-0.15, -0.1) is 0 Å². The van der Waals surface area contributed by atoms with Crippen LogP contribution in [0, 0.1) is 5.92 Å². The number of nitrogens with two attached hydrogens (primary N) is 1. The summed E-state index contributed by atoms with van der Waals surface area (Å²) < 4.78 is 5.48. The van der Waals surface area contributed by atoms with Gasteiger partial charge in [0.2, 0.25) is 0 Å². The first-order valence-corrected chi connectivity index (χ1v) is 10.2. The Bertz CT molecular complexity index is 690. The fourth-order valence-electron chi connectivity index (χ4n) is 4.55. The summed E-state index contributed by atoms with van der Waals surface area (Å²) in [6.07, 6.45) is 3.48. The van der Waals surface area contributed by atoms with E-state index in [1.54, 1.807) is 0 Å². The number of ether oxygens (including phenoxy) is 1. The van der Waals surface area contributed by atoms with E-state index in [0.717, 1.165) is 45.7 Å². The van der Waals surface area contributed by atoms with E-state index in [9.17, 15) is 0 Å². The molecular weight excluding hydrogens is 320 g/mol. The first-order chi connectivity index (χ1) is 12.7. The highest BCUT2D eigenvalue weighted by atomic mass is 16.5. The van der Waals surface area contributed by atoms with Gasteiger partial charge >= 0.3 is 0 Å². The van der Waals surface area contributed by atoms with E-state index in [1.807, 2.05) is 0 Å². The maximum atomic E-state index is 6.49. The molecule has 1 fully saturated rings. The highest BCUT2D eigenvalue weighted by Crippen LogP contribution is 2.41. The second-order valence-electron chi connectivity index (χ2n) is 7.75. The van der Waals surface area contributed by atoms with Crippen molar-refractivity contribution in [2.45, 2.75) is 38.5 Å². The minimum atomic E-state index is 0.0436. The summed E-state index contributed by atoms with van der Waals surface area (Å²) in [7, 11) is 0. The van der Waals surface area contributed by atoms with E-state index in [-0.39, 0.29) is 5.41 Å². The predicted molar refractivity (Wildman–Crippen MR) is 111 cm³/mol. The third-order valence-electron chi connectivity index (χ3n) is 6.45. The van der Waals surface area contributed by atoms with Crippen LogP contribution in [0.25, 0.3) is 10.8 Å². The maximum Gasteiger partial charge on any atom is 0.0594 e. The Morgan fingerprint density at radius 1 is 1.12 bits per heavy atom. The molecule has 2 N–H and O–H groups in total. The van der Waals surface area contributed by atoms with Crippen molar-refractivity contribution in [2.75, 3.05) is 39.4 Å². The Balaban J connectivity index is 1.87. The van der Waals surface area contributed by atoms with Gasteiger partial charge in [-0.2, -0.15) is 0 Å². The standard InChI is InChI=1S/C23H34N2O/c1-3-19(2)23(18-24,12-7-13-25-14-16-26-17-15-25)22-11-6-9-20-8-4-5-10-21(20)22/h4-6,8-11,19H,3,7,12-18,24H2,1-2H3. The SMILES string of the molecule is CCC(C)C(CN)(CCCN1CCOCC1)c1cccc2ccccc12. The van der Waals surface area contributed by atoms with Gasteiger partial charge in [-0.05, 0) is 41.6 Å². The maximum absolute atomic E-state index is 6.49. The molecule has 0 saturated carbocycles. The molecular formula is C23H34N2O. The number of nitrogens with zero attached hydrogens (tertiary/aromatic N) is 1. The Morgan fingerprint density at radius 2 is 1.85 bits per heavy atom. The molecule has 142 valence electrons. The van der Waals surface area contributed by atoms with Gasteiger partial charge in [0.1, 0.15) is 0 Å². The van der Waals surface area contributed by atoms with Crippen LogP contribution in [0.4, 0.5) is 0 Å². The van der Waals surface area contributed by atoms with Crippen LogP contribution < -0.4 is 5.73 Å². The molecule has 2 aromatic carbocycles. The van der Waals surface area contributed by atoms with Crippen molar-refractivity contribution in [1.29, 1.82) is 0 Å². The summed E-state index contributed by atoms with van der Waals surface area (Å²) >= 11 is 0. The van der Waals surface area contributed by atoms with Crippen molar-refractivity contribution in [1.82, 2.24) is 4.90 Å². The zero-order chi connectivity index (χ0) is 18.4. The second kappa shape index (κ2) is 8.98. The molecule has 3 nitrogen and oxygen atoms in total. The van der Waals surface area contributed by atoms with Crippen molar-refractivity contribution in [3.05, 3.63) is 48.0 Å². The average molecular weight is 355 g/mol. The van der Waals surface area contributed by atoms with Crippen LogP contribution in [0.1, 0.15) is 38.7 Å². The van der Waals surface area contributed by atoms with Gasteiger partial charge in [0.25, 0.3) is 0 Å². The van der Waals surface area contributed by atoms with Crippen LogP contribution in [0.5, 0.6) is 0 Å². The summed E-state index contributed by atoms with van der Waals surface area (Å²) in [5.74, 6) is 0.558. The van der Waals surface area contributed by atoms with Gasteiger partial charge in [0, 0.05) is 25.0 Å². The number of morpholine rings is 1. The fraction of sp³-hybridized carbons (Fsp3) is 0.565. The lowest BCUT2D eigenvalue weighted by molar-refractivity contribution is 0.0359. The molecule has 3 heteroatoms. The highest BCUT2D eigenvalue weighted by molar-refractivity contribution is 5.86. The molecule has 2 unspecified atom stereocenters. The van der Waals surface area contributed by atoms with Crippen molar-refractivity contribution in [3.8, 4) is 0 Å². The van der Waals surface area contributed by atoms with Gasteiger partial charge < -0.3 is 10.5 Å². The molecule has 1 aliphatic heterocycles. The van der Waals surface area contributed by atoms with E-state index in [1.165, 1.54) is 22.8 Å². The number of hydrogen-bond donors (Lipinski definition) is 1. The zero-order valence-electron chi connectivity index (χ0n) is 16.4. The van der Waals surface area contributed by atoms with Crippen molar-refractivity contribution < 1.29 is 4.74 Å². The summed E-state index contributed by atoms with van der Waals surface area (Å²) in [6, 6.07) is 15.5. The summed E-state index contributed by atoms with van der Waals surface area (Å²) in [4.78, 5) is 2.53. The Kier molecular flexibility index (Phi) is 6.68. The molecule has 0 aliphatic carbocycles. The van der Waals surface area contributed by atoms with E-state index in [4.69, 9.17) is 10.5 Å². The molecule has 0 bridgehead atoms. The number of benzene rings is 2. The van der Waals surface area contributed by atoms with Crippen LogP contribution in [0.2, 0.25) is 0 Å². The van der Waals surface area contributed by atoms with Crippen LogP contribution in [0.15, 0.2) is 42.5 Å². The minimum Gasteiger partial charge on any atom is -0.379 e. The van der Waals surface area contributed by atoms with Gasteiger partial charge in [-0.25, -0.2) is 0 Å². The second-order valence-corrected chi connectivity index (χ2v) is 7.75. The molecule has 2 aromatic rings. The first-order valence-electron chi connectivity index (χ1n) is 10.2. The molecule has 1 aliphatic rings. The minimum absolute atomic E-state index is 0.0436. The van der Waals surface area contributed by atoms with Crippen molar-refractivity contribution in [2.24, 2.45) is 11.7 Å². The quantitative estimate of drug-likeness (QED) is 0.772. The molecule has 1 saturated heterocycles. The van der Waals surface area contributed by atoms with Gasteiger partial charge in [0.05, 0.1) is 13.2 Å². The zero-order valence-corrected chi connectivity index (χ0v) is 16.4. The molecule has 0 radical (unpaired) electrons. The van der Waals surface area contributed by atoms with E-state index < -0.39 is 0 Å². The Hall–Kier alpha value is -1.42. The van der Waals surface area contributed by atoms with Crippen molar-refractivity contribution in [3.63, 3.8) is 0 Å². The summed E-state index contributed by atoms with van der Waals surface area (Å²) in [5, 5.41) is 2.69. The first kappa shape index (κ1) is 19.3. The summed E-state index contributed by atoms with van der Waals surface area (Å²) in [5.41, 5.74) is 7.98. The molecule has 0 aromatic heterocycles. The fourth-order valence-corrected chi connectivity index (χ4v) is 4.55. The third kappa shape index (κ3) is 3.95. The van der Waals surface area contributed by atoms with E-state index >= 15 is 0 Å². The van der Waals surface area contributed by atoms with Crippen LogP contribution in [-0.2, 0) is 10.2 Å². The molecule has 3 rings (SSSR count). The smallest absolute Gasteiger partial charge is 0.0594 e. The van der Waals surface area contributed by atoms with Gasteiger partial charge in [-0.1, -0.05) is 62.7 Å². The Morgan fingerprint density at radius 3 is 2.58 bits per heavy atom. The third-order valence-corrected chi connectivity index (χ3v) is 6.45. The molecule has 1 heterocycles. The number of hydrogen-bond acceptors (Lipinski definition) is 3. The van der Waals surface area contributed by atoms with Crippen LogP contribution in [-0.4, -0.2) is 44.3 Å².